The molecule has 0 aliphatic rings. The standard InChI is InChI=1S/C17H18N2O2/c1-12(20)16-8-7-13(11-18)9-17(16)21-15-6-4-5-14(10-15)19(2)3/h4-10,12,20H,1-3H3/t12-/m0/s1. The lowest BCUT2D eigenvalue weighted by Gasteiger charge is -2.16. The Bertz CT molecular complexity index is 673. The van der Waals surface area contributed by atoms with Gasteiger partial charge in [0.05, 0.1) is 17.7 Å². The van der Waals surface area contributed by atoms with Crippen molar-refractivity contribution < 1.29 is 9.84 Å². The quantitative estimate of drug-likeness (QED) is 0.933. The molecule has 0 unspecified atom stereocenters. The Morgan fingerprint density at radius 2 is 1.95 bits per heavy atom. The third kappa shape index (κ3) is 3.53. The Morgan fingerprint density at radius 3 is 2.57 bits per heavy atom. The van der Waals surface area contributed by atoms with E-state index in [1.165, 1.54) is 0 Å². The monoisotopic (exact) mass is 282 g/mol. The maximum atomic E-state index is 9.82. The van der Waals surface area contributed by atoms with Gasteiger partial charge in [-0.15, -0.1) is 0 Å². The number of nitrogens with zero attached hydrogens (tertiary/aromatic N) is 2. The van der Waals surface area contributed by atoms with Crippen molar-refractivity contribution in [1.29, 1.82) is 5.26 Å². The molecule has 0 radical (unpaired) electrons. The van der Waals surface area contributed by atoms with Crippen LogP contribution in [0.4, 0.5) is 5.69 Å². The Hall–Kier alpha value is -2.51. The number of rotatable bonds is 4. The Kier molecular flexibility index (Phi) is 4.46. The van der Waals surface area contributed by atoms with E-state index in [-0.39, 0.29) is 0 Å². The van der Waals surface area contributed by atoms with Gasteiger partial charge in [0, 0.05) is 31.4 Å². The van der Waals surface area contributed by atoms with Gasteiger partial charge in [0.2, 0.25) is 0 Å². The van der Waals surface area contributed by atoms with E-state index in [0.29, 0.717) is 22.6 Å². The fourth-order valence-corrected chi connectivity index (χ4v) is 1.99. The summed E-state index contributed by atoms with van der Waals surface area (Å²) in [5, 5.41) is 18.8. The molecule has 0 saturated carbocycles. The number of aliphatic hydroxyl groups is 1. The third-order valence-electron chi connectivity index (χ3n) is 3.15. The van der Waals surface area contributed by atoms with Gasteiger partial charge >= 0.3 is 0 Å². The highest BCUT2D eigenvalue weighted by molar-refractivity contribution is 5.51. The van der Waals surface area contributed by atoms with Crippen molar-refractivity contribution in [3.8, 4) is 17.6 Å². The lowest BCUT2D eigenvalue weighted by molar-refractivity contribution is 0.195. The molecular formula is C17H18N2O2. The van der Waals surface area contributed by atoms with Crippen LogP contribution in [-0.2, 0) is 0 Å². The lowest BCUT2D eigenvalue weighted by Crippen LogP contribution is -2.08. The van der Waals surface area contributed by atoms with Crippen molar-refractivity contribution in [2.45, 2.75) is 13.0 Å². The van der Waals surface area contributed by atoms with Gasteiger partial charge in [-0.05, 0) is 31.2 Å². The van der Waals surface area contributed by atoms with Crippen molar-refractivity contribution in [2.24, 2.45) is 0 Å². The highest BCUT2D eigenvalue weighted by Crippen LogP contribution is 2.32. The van der Waals surface area contributed by atoms with Gasteiger partial charge in [0.1, 0.15) is 11.5 Å². The number of hydrogen-bond acceptors (Lipinski definition) is 4. The summed E-state index contributed by atoms with van der Waals surface area (Å²) < 4.78 is 5.87. The predicted molar refractivity (Wildman–Crippen MR) is 82.6 cm³/mol. The van der Waals surface area contributed by atoms with Crippen LogP contribution >= 0.6 is 0 Å². The fourth-order valence-electron chi connectivity index (χ4n) is 1.99. The topological polar surface area (TPSA) is 56.5 Å². The van der Waals surface area contributed by atoms with Crippen LogP contribution < -0.4 is 9.64 Å². The summed E-state index contributed by atoms with van der Waals surface area (Å²) in [7, 11) is 3.91. The third-order valence-corrected chi connectivity index (χ3v) is 3.15. The summed E-state index contributed by atoms with van der Waals surface area (Å²) in [6.45, 7) is 1.67. The second-order valence-electron chi connectivity index (χ2n) is 5.03. The van der Waals surface area contributed by atoms with Crippen LogP contribution in [0.15, 0.2) is 42.5 Å². The first-order valence-corrected chi connectivity index (χ1v) is 6.68. The lowest BCUT2D eigenvalue weighted by atomic mass is 10.1. The second-order valence-corrected chi connectivity index (χ2v) is 5.03. The Morgan fingerprint density at radius 1 is 1.19 bits per heavy atom. The van der Waals surface area contributed by atoms with Crippen molar-refractivity contribution in [3.05, 3.63) is 53.6 Å². The summed E-state index contributed by atoms with van der Waals surface area (Å²) in [5.74, 6) is 1.16. The molecule has 0 aliphatic carbocycles. The van der Waals surface area contributed by atoms with Crippen LogP contribution in [0.1, 0.15) is 24.2 Å². The molecule has 0 heterocycles. The maximum absolute atomic E-state index is 9.82. The minimum atomic E-state index is -0.662. The summed E-state index contributed by atoms with van der Waals surface area (Å²) in [5.41, 5.74) is 2.17. The molecule has 2 aromatic rings. The molecule has 0 bridgehead atoms. The molecule has 0 fully saturated rings. The van der Waals surface area contributed by atoms with E-state index in [1.807, 2.05) is 43.3 Å². The van der Waals surface area contributed by atoms with E-state index in [1.54, 1.807) is 25.1 Å². The maximum Gasteiger partial charge on any atom is 0.134 e. The molecule has 108 valence electrons. The van der Waals surface area contributed by atoms with Gasteiger partial charge in [-0.25, -0.2) is 0 Å². The predicted octanol–water partition coefficient (Wildman–Crippen LogP) is 3.47. The number of benzene rings is 2. The van der Waals surface area contributed by atoms with Crippen molar-refractivity contribution in [1.82, 2.24) is 0 Å². The van der Waals surface area contributed by atoms with Crippen LogP contribution in [-0.4, -0.2) is 19.2 Å². The largest absolute Gasteiger partial charge is 0.457 e. The van der Waals surface area contributed by atoms with Gasteiger partial charge in [-0.1, -0.05) is 12.1 Å². The number of hydrogen-bond donors (Lipinski definition) is 1. The van der Waals surface area contributed by atoms with Gasteiger partial charge in [0.15, 0.2) is 0 Å². The van der Waals surface area contributed by atoms with Crippen molar-refractivity contribution in [3.63, 3.8) is 0 Å². The first kappa shape index (κ1) is 14.9. The van der Waals surface area contributed by atoms with E-state index >= 15 is 0 Å². The number of anilines is 1. The zero-order chi connectivity index (χ0) is 15.4. The molecule has 1 atom stereocenters. The smallest absolute Gasteiger partial charge is 0.134 e. The van der Waals surface area contributed by atoms with E-state index in [9.17, 15) is 5.11 Å². The SMILES string of the molecule is C[C@H](O)c1ccc(C#N)cc1Oc1cccc(N(C)C)c1. The van der Waals surface area contributed by atoms with Gasteiger partial charge < -0.3 is 14.7 Å². The average Bonchev–Trinajstić information content (AvgIpc) is 2.47. The van der Waals surface area contributed by atoms with Gasteiger partial charge in [-0.2, -0.15) is 5.26 Å². The van der Waals surface area contributed by atoms with E-state index in [2.05, 4.69) is 6.07 Å². The Labute approximate surface area is 124 Å². The molecule has 2 rings (SSSR count). The minimum Gasteiger partial charge on any atom is -0.457 e. The molecule has 0 spiro atoms. The number of aliphatic hydroxyl groups excluding tert-OH is 1. The van der Waals surface area contributed by atoms with E-state index in [0.717, 1.165) is 5.69 Å². The molecule has 0 saturated heterocycles. The molecule has 4 heteroatoms. The highest BCUT2D eigenvalue weighted by Gasteiger charge is 2.11. The average molecular weight is 282 g/mol. The molecular weight excluding hydrogens is 264 g/mol. The molecule has 0 aliphatic heterocycles. The zero-order valence-corrected chi connectivity index (χ0v) is 12.4. The van der Waals surface area contributed by atoms with Crippen LogP contribution in [0.3, 0.4) is 0 Å². The normalized spacial score (nSPS) is 11.6. The van der Waals surface area contributed by atoms with Crippen molar-refractivity contribution in [2.75, 3.05) is 19.0 Å². The fraction of sp³-hybridized carbons (Fsp3) is 0.235. The molecule has 2 aromatic carbocycles. The van der Waals surface area contributed by atoms with Crippen LogP contribution in [0.5, 0.6) is 11.5 Å². The Balaban J connectivity index is 2.38. The van der Waals surface area contributed by atoms with Gasteiger partial charge in [0.25, 0.3) is 0 Å². The number of nitriles is 1. The first-order chi connectivity index (χ1) is 10.0. The van der Waals surface area contributed by atoms with Crippen molar-refractivity contribution >= 4 is 5.69 Å². The van der Waals surface area contributed by atoms with Crippen LogP contribution in [0.25, 0.3) is 0 Å². The molecule has 1 N–H and O–H groups in total. The first-order valence-electron chi connectivity index (χ1n) is 6.68. The zero-order valence-electron chi connectivity index (χ0n) is 12.4. The minimum absolute atomic E-state index is 0.498. The summed E-state index contributed by atoms with van der Waals surface area (Å²) in [6, 6.07) is 14.7. The van der Waals surface area contributed by atoms with Crippen LogP contribution in [0, 0.1) is 11.3 Å². The second kappa shape index (κ2) is 6.29. The van der Waals surface area contributed by atoms with Gasteiger partial charge in [-0.3, -0.25) is 0 Å². The molecule has 0 aromatic heterocycles. The number of ether oxygens (including phenoxy) is 1. The molecule has 21 heavy (non-hydrogen) atoms. The van der Waals surface area contributed by atoms with Crippen LogP contribution in [0.2, 0.25) is 0 Å². The summed E-state index contributed by atoms with van der Waals surface area (Å²) in [4.78, 5) is 1.98. The van der Waals surface area contributed by atoms with E-state index < -0.39 is 6.10 Å². The summed E-state index contributed by atoms with van der Waals surface area (Å²) in [6.07, 6.45) is -0.662. The molecule has 0 amide bonds. The van der Waals surface area contributed by atoms with E-state index in [4.69, 9.17) is 10.00 Å². The summed E-state index contributed by atoms with van der Waals surface area (Å²) >= 11 is 0. The highest BCUT2D eigenvalue weighted by atomic mass is 16.5. The molecule has 4 nitrogen and oxygen atoms in total.